The summed E-state index contributed by atoms with van der Waals surface area (Å²) in [6.45, 7) is 0. The largest absolute Gasteiger partial charge is 0.302 e. The number of fused-ring (bicyclic) bond motifs is 2. The van der Waals surface area contributed by atoms with Gasteiger partial charge < -0.3 is 4.40 Å². The minimum absolute atomic E-state index is 0.341. The Balaban J connectivity index is 1.99. The lowest BCUT2D eigenvalue weighted by Gasteiger charge is -2.03. The zero-order chi connectivity index (χ0) is 14.9. The molecule has 0 radical (unpaired) electrons. The highest BCUT2D eigenvalue weighted by Crippen LogP contribution is 2.27. The second-order valence-corrected chi connectivity index (χ2v) is 5.23. The van der Waals surface area contributed by atoms with Crippen LogP contribution in [-0.4, -0.2) is 9.38 Å². The van der Waals surface area contributed by atoms with Crippen molar-refractivity contribution in [2.45, 2.75) is 6.42 Å². The molecule has 3 heteroatoms. The summed E-state index contributed by atoms with van der Waals surface area (Å²) in [5, 5.41) is 11.5. The molecule has 0 bridgehead atoms. The second-order valence-electron chi connectivity index (χ2n) is 5.23. The molecule has 2 aromatic carbocycles. The van der Waals surface area contributed by atoms with Crippen LogP contribution in [0, 0.1) is 11.3 Å². The number of nitrogens with zero attached hydrogens (tertiary/aromatic N) is 3. The van der Waals surface area contributed by atoms with Gasteiger partial charge in [-0.2, -0.15) is 5.26 Å². The zero-order valence-corrected chi connectivity index (χ0v) is 11.9. The van der Waals surface area contributed by atoms with Gasteiger partial charge in [0.2, 0.25) is 0 Å². The lowest BCUT2D eigenvalue weighted by molar-refractivity contribution is 1.06. The molecule has 3 nitrogen and oxygen atoms in total. The predicted molar refractivity (Wildman–Crippen MR) is 87.5 cm³/mol. The van der Waals surface area contributed by atoms with E-state index in [2.05, 4.69) is 36.4 Å². The maximum absolute atomic E-state index is 9.15. The van der Waals surface area contributed by atoms with Crippen molar-refractivity contribution in [1.29, 1.82) is 5.26 Å². The van der Waals surface area contributed by atoms with Gasteiger partial charge in [-0.1, -0.05) is 42.5 Å². The minimum atomic E-state index is 0.341. The van der Waals surface area contributed by atoms with Crippen molar-refractivity contribution < 1.29 is 0 Å². The molecule has 0 unspecified atom stereocenters. The van der Waals surface area contributed by atoms with Crippen LogP contribution in [0.3, 0.4) is 0 Å². The first-order valence-corrected chi connectivity index (χ1v) is 7.19. The van der Waals surface area contributed by atoms with E-state index < -0.39 is 0 Å². The van der Waals surface area contributed by atoms with Gasteiger partial charge in [-0.15, -0.1) is 0 Å². The SMILES string of the molecule is N#CCc1c(-c2ccc3ccccc3c2)nc2ccccn12. The highest BCUT2D eigenvalue weighted by molar-refractivity contribution is 5.87. The van der Waals surface area contributed by atoms with E-state index in [0.717, 1.165) is 22.6 Å². The molecule has 104 valence electrons. The molecule has 0 fully saturated rings. The summed E-state index contributed by atoms with van der Waals surface area (Å²) in [5.41, 5.74) is 3.75. The van der Waals surface area contributed by atoms with Crippen molar-refractivity contribution in [3.8, 4) is 17.3 Å². The molecule has 0 aliphatic heterocycles. The molecule has 4 aromatic rings. The summed E-state index contributed by atoms with van der Waals surface area (Å²) in [4.78, 5) is 4.72. The first kappa shape index (κ1) is 12.6. The molecule has 0 spiro atoms. The molecule has 2 aromatic heterocycles. The van der Waals surface area contributed by atoms with Gasteiger partial charge in [-0.05, 0) is 29.0 Å². The number of aromatic nitrogens is 2. The second kappa shape index (κ2) is 5.01. The summed E-state index contributed by atoms with van der Waals surface area (Å²) >= 11 is 0. The molecule has 2 heterocycles. The summed E-state index contributed by atoms with van der Waals surface area (Å²) in [5.74, 6) is 0. The quantitative estimate of drug-likeness (QED) is 0.552. The topological polar surface area (TPSA) is 41.1 Å². The number of rotatable bonds is 2. The van der Waals surface area contributed by atoms with Crippen molar-refractivity contribution in [1.82, 2.24) is 9.38 Å². The third-order valence-electron chi connectivity index (χ3n) is 3.90. The van der Waals surface area contributed by atoms with Gasteiger partial charge in [-0.3, -0.25) is 0 Å². The highest BCUT2D eigenvalue weighted by atomic mass is 15.0. The van der Waals surface area contributed by atoms with Gasteiger partial charge in [0, 0.05) is 11.8 Å². The Hall–Kier alpha value is -3.12. The summed E-state index contributed by atoms with van der Waals surface area (Å²) in [6, 6.07) is 22.7. The smallest absolute Gasteiger partial charge is 0.137 e. The van der Waals surface area contributed by atoms with Crippen LogP contribution in [0.5, 0.6) is 0 Å². The summed E-state index contributed by atoms with van der Waals surface area (Å²) in [7, 11) is 0. The van der Waals surface area contributed by atoms with E-state index in [-0.39, 0.29) is 0 Å². The van der Waals surface area contributed by atoms with Crippen molar-refractivity contribution in [3.63, 3.8) is 0 Å². The van der Waals surface area contributed by atoms with Gasteiger partial charge in [0.25, 0.3) is 0 Å². The normalized spacial score (nSPS) is 10.9. The molecule has 0 aliphatic rings. The number of nitriles is 1. The Labute approximate surface area is 128 Å². The van der Waals surface area contributed by atoms with Crippen molar-refractivity contribution in [2.24, 2.45) is 0 Å². The lowest BCUT2D eigenvalue weighted by atomic mass is 10.0. The van der Waals surface area contributed by atoms with Crippen LogP contribution < -0.4 is 0 Å². The molecule has 0 aliphatic carbocycles. The molecular weight excluding hydrogens is 270 g/mol. The molecule has 0 atom stereocenters. The van der Waals surface area contributed by atoms with E-state index in [9.17, 15) is 0 Å². The standard InChI is InChI=1S/C19H13N3/c20-11-10-17-19(21-18-7-3-4-12-22(17)18)16-9-8-14-5-1-2-6-15(14)13-16/h1-9,12-13H,10H2. The van der Waals surface area contributed by atoms with E-state index >= 15 is 0 Å². The molecule has 22 heavy (non-hydrogen) atoms. The average Bonchev–Trinajstić information content (AvgIpc) is 2.94. The van der Waals surface area contributed by atoms with E-state index in [0.29, 0.717) is 6.42 Å². The van der Waals surface area contributed by atoms with Crippen LogP contribution >= 0.6 is 0 Å². The fourth-order valence-corrected chi connectivity index (χ4v) is 2.86. The van der Waals surface area contributed by atoms with Gasteiger partial charge in [-0.25, -0.2) is 4.98 Å². The van der Waals surface area contributed by atoms with Crippen LogP contribution in [-0.2, 0) is 6.42 Å². The lowest BCUT2D eigenvalue weighted by Crippen LogP contribution is -1.92. The maximum Gasteiger partial charge on any atom is 0.137 e. The summed E-state index contributed by atoms with van der Waals surface area (Å²) < 4.78 is 1.99. The van der Waals surface area contributed by atoms with Crippen LogP contribution in [0.4, 0.5) is 0 Å². The van der Waals surface area contributed by atoms with Crippen molar-refractivity contribution >= 4 is 16.4 Å². The van der Waals surface area contributed by atoms with Crippen LogP contribution in [0.1, 0.15) is 5.69 Å². The Morgan fingerprint density at radius 2 is 1.77 bits per heavy atom. The van der Waals surface area contributed by atoms with Gasteiger partial charge in [0.1, 0.15) is 5.65 Å². The Kier molecular flexibility index (Phi) is 2.87. The maximum atomic E-state index is 9.15. The predicted octanol–water partition coefficient (Wildman–Crippen LogP) is 4.22. The van der Waals surface area contributed by atoms with E-state index in [1.165, 1.54) is 10.8 Å². The summed E-state index contributed by atoms with van der Waals surface area (Å²) in [6.07, 6.45) is 2.30. The first-order valence-electron chi connectivity index (χ1n) is 7.19. The first-order chi connectivity index (χ1) is 10.9. The van der Waals surface area contributed by atoms with Crippen molar-refractivity contribution in [2.75, 3.05) is 0 Å². The number of hydrogen-bond acceptors (Lipinski definition) is 2. The monoisotopic (exact) mass is 283 g/mol. The zero-order valence-electron chi connectivity index (χ0n) is 11.9. The number of hydrogen-bond donors (Lipinski definition) is 0. The molecule has 0 N–H and O–H groups in total. The number of imidazole rings is 1. The average molecular weight is 283 g/mol. The fraction of sp³-hybridized carbons (Fsp3) is 0.0526. The highest BCUT2D eigenvalue weighted by Gasteiger charge is 2.13. The molecule has 4 rings (SSSR count). The Morgan fingerprint density at radius 3 is 2.64 bits per heavy atom. The van der Waals surface area contributed by atoms with Crippen LogP contribution in [0.2, 0.25) is 0 Å². The number of benzene rings is 2. The molecule has 0 amide bonds. The van der Waals surface area contributed by atoms with E-state index in [1.54, 1.807) is 0 Å². The van der Waals surface area contributed by atoms with E-state index in [4.69, 9.17) is 10.2 Å². The van der Waals surface area contributed by atoms with E-state index in [1.807, 2.05) is 40.9 Å². The van der Waals surface area contributed by atoms with Gasteiger partial charge in [0.15, 0.2) is 0 Å². The van der Waals surface area contributed by atoms with Gasteiger partial charge in [0.05, 0.1) is 23.9 Å². The fourth-order valence-electron chi connectivity index (χ4n) is 2.86. The minimum Gasteiger partial charge on any atom is -0.302 e. The third kappa shape index (κ3) is 1.94. The van der Waals surface area contributed by atoms with Crippen LogP contribution in [0.25, 0.3) is 27.7 Å². The number of pyridine rings is 1. The van der Waals surface area contributed by atoms with Crippen molar-refractivity contribution in [3.05, 3.63) is 72.6 Å². The third-order valence-corrected chi connectivity index (χ3v) is 3.90. The molecular formula is C19H13N3. The molecule has 0 saturated heterocycles. The Bertz CT molecular complexity index is 1020. The molecule has 0 saturated carbocycles. The Morgan fingerprint density at radius 1 is 0.955 bits per heavy atom. The van der Waals surface area contributed by atoms with Gasteiger partial charge >= 0.3 is 0 Å². The van der Waals surface area contributed by atoms with Crippen LogP contribution in [0.15, 0.2) is 66.9 Å².